The maximum Gasteiger partial charge on any atom is 0.306 e. The number of nitrogens with one attached hydrogen (secondary N) is 1. The number of aryl methyl sites for hydroxylation is 2. The Morgan fingerprint density at radius 1 is 1.30 bits per heavy atom. The van der Waals surface area contributed by atoms with E-state index in [1.54, 1.807) is 13.8 Å². The van der Waals surface area contributed by atoms with Gasteiger partial charge in [-0.25, -0.2) is 14.4 Å². The van der Waals surface area contributed by atoms with Crippen molar-refractivity contribution in [2.24, 2.45) is 0 Å². The fraction of sp³-hybridized carbons (Fsp3) is 0.286. The highest BCUT2D eigenvalue weighted by Gasteiger charge is 2.11. The van der Waals surface area contributed by atoms with Crippen LogP contribution in [0.2, 0.25) is 0 Å². The number of rotatable bonds is 5. The minimum atomic E-state index is -3.69. The average Bonchev–Trinajstić information content (AvgIpc) is 2.41. The molecule has 0 amide bonds. The van der Waals surface area contributed by atoms with Crippen LogP contribution in [-0.4, -0.2) is 24.6 Å². The standard InChI is InChI=1S/C14H17FN4O3S/c1-8-13(16)14(19-9(2)18-8)17-7-10-4-5-11(6-12(10)15)22-23(3,20)21/h4-6H,7,16H2,1-3H3,(H,17,18,19). The van der Waals surface area contributed by atoms with Crippen LogP contribution in [-0.2, 0) is 16.7 Å². The second-order valence-electron chi connectivity index (χ2n) is 5.01. The molecule has 0 fully saturated rings. The van der Waals surface area contributed by atoms with E-state index in [0.717, 1.165) is 12.3 Å². The van der Waals surface area contributed by atoms with E-state index in [1.807, 2.05) is 0 Å². The number of nitrogen functional groups attached to an aromatic ring is 1. The van der Waals surface area contributed by atoms with E-state index in [2.05, 4.69) is 19.5 Å². The average molecular weight is 340 g/mol. The lowest BCUT2D eigenvalue weighted by Crippen LogP contribution is -2.10. The molecule has 0 aliphatic rings. The Kier molecular flexibility index (Phi) is 4.69. The van der Waals surface area contributed by atoms with E-state index in [0.29, 0.717) is 28.6 Å². The van der Waals surface area contributed by atoms with Gasteiger partial charge < -0.3 is 15.2 Å². The number of nitrogens with two attached hydrogens (primary N) is 1. The van der Waals surface area contributed by atoms with Crippen LogP contribution in [0.25, 0.3) is 0 Å². The smallest absolute Gasteiger partial charge is 0.306 e. The topological polar surface area (TPSA) is 107 Å². The molecule has 23 heavy (non-hydrogen) atoms. The summed E-state index contributed by atoms with van der Waals surface area (Å²) in [5, 5.41) is 2.94. The van der Waals surface area contributed by atoms with Crippen molar-refractivity contribution in [3.05, 3.63) is 41.1 Å². The first-order valence-electron chi connectivity index (χ1n) is 6.68. The van der Waals surface area contributed by atoms with Crippen LogP contribution in [0, 0.1) is 19.7 Å². The van der Waals surface area contributed by atoms with Crippen LogP contribution in [0.3, 0.4) is 0 Å². The minimum absolute atomic E-state index is 0.0815. The van der Waals surface area contributed by atoms with Crippen molar-refractivity contribution in [1.29, 1.82) is 0 Å². The summed E-state index contributed by atoms with van der Waals surface area (Å²) >= 11 is 0. The molecular formula is C14H17FN4O3S. The van der Waals surface area contributed by atoms with Crippen LogP contribution in [0.4, 0.5) is 15.9 Å². The lowest BCUT2D eigenvalue weighted by molar-refractivity contribution is 0.489. The number of nitrogens with zero attached hydrogens (tertiary/aromatic N) is 2. The van der Waals surface area contributed by atoms with Gasteiger partial charge in [0.2, 0.25) is 0 Å². The summed E-state index contributed by atoms with van der Waals surface area (Å²) in [6.07, 6.45) is 0.892. The first kappa shape index (κ1) is 16.9. The Hall–Kier alpha value is -2.42. The molecule has 1 aromatic heterocycles. The van der Waals surface area contributed by atoms with Crippen molar-refractivity contribution >= 4 is 21.6 Å². The van der Waals surface area contributed by atoms with Gasteiger partial charge in [-0.05, 0) is 19.9 Å². The van der Waals surface area contributed by atoms with Gasteiger partial charge in [0.25, 0.3) is 0 Å². The predicted octanol–water partition coefficient (Wildman–Crippen LogP) is 1.77. The zero-order chi connectivity index (χ0) is 17.2. The maximum atomic E-state index is 14.0. The van der Waals surface area contributed by atoms with Crippen LogP contribution in [0.15, 0.2) is 18.2 Å². The van der Waals surface area contributed by atoms with Crippen molar-refractivity contribution in [1.82, 2.24) is 9.97 Å². The molecule has 0 bridgehead atoms. The molecule has 0 saturated heterocycles. The van der Waals surface area contributed by atoms with Crippen LogP contribution in [0.5, 0.6) is 5.75 Å². The Bertz CT molecular complexity index is 840. The molecule has 3 N–H and O–H groups in total. The van der Waals surface area contributed by atoms with Crippen molar-refractivity contribution in [3.8, 4) is 5.75 Å². The summed E-state index contributed by atoms with van der Waals surface area (Å²) in [4.78, 5) is 8.30. The summed E-state index contributed by atoms with van der Waals surface area (Å²) in [7, 11) is -3.69. The van der Waals surface area contributed by atoms with Gasteiger partial charge in [0.05, 0.1) is 17.6 Å². The molecule has 0 aliphatic carbocycles. The highest BCUT2D eigenvalue weighted by atomic mass is 32.2. The van der Waals surface area contributed by atoms with Crippen LogP contribution >= 0.6 is 0 Å². The molecule has 0 saturated carbocycles. The van der Waals surface area contributed by atoms with Crippen molar-refractivity contribution in [3.63, 3.8) is 0 Å². The van der Waals surface area contributed by atoms with Crippen molar-refractivity contribution in [2.45, 2.75) is 20.4 Å². The summed E-state index contributed by atoms with van der Waals surface area (Å²) < 4.78 is 40.7. The minimum Gasteiger partial charge on any atom is -0.394 e. The predicted molar refractivity (Wildman–Crippen MR) is 85.1 cm³/mol. The molecule has 2 rings (SSSR count). The zero-order valence-electron chi connectivity index (χ0n) is 12.9. The lowest BCUT2D eigenvalue weighted by Gasteiger charge is -2.12. The van der Waals surface area contributed by atoms with E-state index in [4.69, 9.17) is 5.73 Å². The number of hydrogen-bond donors (Lipinski definition) is 2. The number of anilines is 2. The summed E-state index contributed by atoms with van der Waals surface area (Å²) in [6, 6.07) is 3.82. The Morgan fingerprint density at radius 2 is 2.00 bits per heavy atom. The zero-order valence-corrected chi connectivity index (χ0v) is 13.7. The number of halogens is 1. The molecule has 0 unspecified atom stereocenters. The van der Waals surface area contributed by atoms with Gasteiger partial charge in [-0.1, -0.05) is 6.07 Å². The summed E-state index contributed by atoms with van der Waals surface area (Å²) in [5.41, 5.74) is 7.23. The maximum absolute atomic E-state index is 14.0. The van der Waals surface area contributed by atoms with E-state index < -0.39 is 15.9 Å². The monoisotopic (exact) mass is 340 g/mol. The van der Waals surface area contributed by atoms with E-state index in [9.17, 15) is 12.8 Å². The fourth-order valence-electron chi connectivity index (χ4n) is 1.93. The second kappa shape index (κ2) is 6.37. The molecule has 124 valence electrons. The normalized spacial score (nSPS) is 11.3. The quantitative estimate of drug-likeness (QED) is 0.799. The van der Waals surface area contributed by atoms with Gasteiger partial charge in [-0.15, -0.1) is 0 Å². The SMILES string of the molecule is Cc1nc(C)c(N)c(NCc2ccc(OS(C)(=O)=O)cc2F)n1. The summed E-state index contributed by atoms with van der Waals surface area (Å²) in [6.45, 7) is 3.62. The Labute approximate surface area is 133 Å². The molecule has 1 heterocycles. The fourth-order valence-corrected chi connectivity index (χ4v) is 2.39. The van der Waals surface area contributed by atoms with Gasteiger partial charge in [0.15, 0.2) is 5.82 Å². The van der Waals surface area contributed by atoms with Crippen molar-refractivity contribution in [2.75, 3.05) is 17.3 Å². The highest BCUT2D eigenvalue weighted by Crippen LogP contribution is 2.22. The lowest BCUT2D eigenvalue weighted by atomic mass is 10.2. The van der Waals surface area contributed by atoms with Crippen LogP contribution in [0.1, 0.15) is 17.1 Å². The second-order valence-corrected chi connectivity index (χ2v) is 6.59. The van der Waals surface area contributed by atoms with Crippen LogP contribution < -0.4 is 15.2 Å². The van der Waals surface area contributed by atoms with E-state index >= 15 is 0 Å². The third-order valence-corrected chi connectivity index (χ3v) is 3.46. The van der Waals surface area contributed by atoms with Gasteiger partial charge in [0, 0.05) is 18.2 Å². The first-order chi connectivity index (χ1) is 10.7. The van der Waals surface area contributed by atoms with Gasteiger partial charge in [0.1, 0.15) is 17.4 Å². The molecule has 0 atom stereocenters. The molecule has 0 aliphatic heterocycles. The molecule has 1 aromatic carbocycles. The molecule has 7 nitrogen and oxygen atoms in total. The van der Waals surface area contributed by atoms with Gasteiger partial charge in [-0.3, -0.25) is 0 Å². The van der Waals surface area contributed by atoms with E-state index in [1.165, 1.54) is 12.1 Å². The Balaban J connectivity index is 2.16. The first-order valence-corrected chi connectivity index (χ1v) is 8.50. The number of benzene rings is 1. The largest absolute Gasteiger partial charge is 0.394 e. The van der Waals surface area contributed by atoms with Gasteiger partial charge >= 0.3 is 10.1 Å². The Morgan fingerprint density at radius 3 is 2.61 bits per heavy atom. The molecule has 0 spiro atoms. The summed E-state index contributed by atoms with van der Waals surface area (Å²) in [5.74, 6) is 0.296. The van der Waals surface area contributed by atoms with Gasteiger partial charge in [-0.2, -0.15) is 8.42 Å². The highest BCUT2D eigenvalue weighted by molar-refractivity contribution is 7.86. The molecule has 0 radical (unpaired) electrons. The number of aromatic nitrogens is 2. The third-order valence-electron chi connectivity index (χ3n) is 2.97. The van der Waals surface area contributed by atoms with E-state index in [-0.39, 0.29) is 12.3 Å². The number of hydrogen-bond acceptors (Lipinski definition) is 7. The molecule has 9 heteroatoms. The van der Waals surface area contributed by atoms with Crippen molar-refractivity contribution < 1.29 is 17.0 Å². The third kappa shape index (κ3) is 4.52. The molecule has 2 aromatic rings. The molecular weight excluding hydrogens is 323 g/mol.